The fraction of sp³-hybridized carbons (Fsp3) is 1.00. The van der Waals surface area contributed by atoms with Gasteiger partial charge in [0.05, 0.1) is 5.75 Å². The maximum Gasteiger partial charge on any atom is 0.211 e. The van der Waals surface area contributed by atoms with Gasteiger partial charge < -0.3 is 5.73 Å². The Morgan fingerprint density at radius 2 is 1.87 bits per heavy atom. The van der Waals surface area contributed by atoms with Crippen molar-refractivity contribution in [2.75, 3.05) is 12.3 Å². The summed E-state index contributed by atoms with van der Waals surface area (Å²) in [6.45, 7) is 8.45. The Bertz CT molecular complexity index is 268. The summed E-state index contributed by atoms with van der Waals surface area (Å²) in [5.74, 6) is 0.176. The van der Waals surface area contributed by atoms with E-state index in [4.69, 9.17) is 5.73 Å². The van der Waals surface area contributed by atoms with Gasteiger partial charge in [-0.15, -0.1) is 0 Å². The molecule has 0 aliphatic heterocycles. The third-order valence-corrected chi connectivity index (χ3v) is 3.47. The molecule has 4 nitrogen and oxygen atoms in total. The Hall–Kier alpha value is -0.130. The summed E-state index contributed by atoms with van der Waals surface area (Å²) in [5, 5.41) is 0. The Balaban J connectivity index is 3.96. The highest BCUT2D eigenvalue weighted by Gasteiger charge is 2.17. The van der Waals surface area contributed by atoms with Crippen LogP contribution >= 0.6 is 0 Å². The first-order chi connectivity index (χ1) is 6.66. The quantitative estimate of drug-likeness (QED) is 0.725. The lowest BCUT2D eigenvalue weighted by Crippen LogP contribution is -2.40. The molecule has 0 aromatic rings. The van der Waals surface area contributed by atoms with Crippen molar-refractivity contribution in [3.05, 3.63) is 0 Å². The smallest absolute Gasteiger partial charge is 0.211 e. The summed E-state index contributed by atoms with van der Waals surface area (Å²) in [5.41, 5.74) is 5.97. The molecule has 0 radical (unpaired) electrons. The van der Waals surface area contributed by atoms with Crippen LogP contribution in [0.5, 0.6) is 0 Å². The largest absolute Gasteiger partial charge is 0.326 e. The van der Waals surface area contributed by atoms with Gasteiger partial charge in [-0.25, -0.2) is 13.1 Å². The zero-order valence-electron chi connectivity index (χ0n) is 10.2. The lowest BCUT2D eigenvalue weighted by molar-refractivity contribution is 0.338. The van der Waals surface area contributed by atoms with E-state index in [9.17, 15) is 8.42 Å². The number of nitrogens with two attached hydrogens (primary N) is 1. The van der Waals surface area contributed by atoms with Crippen LogP contribution in [0.25, 0.3) is 0 Å². The van der Waals surface area contributed by atoms with E-state index in [1.807, 2.05) is 6.92 Å². The number of rotatable bonds is 6. The number of hydrogen-bond acceptors (Lipinski definition) is 3. The van der Waals surface area contributed by atoms with Crippen LogP contribution in [0.1, 0.15) is 40.5 Å². The molecule has 0 saturated heterocycles. The van der Waals surface area contributed by atoms with E-state index in [0.29, 0.717) is 13.0 Å². The van der Waals surface area contributed by atoms with E-state index in [1.165, 1.54) is 0 Å². The standard InChI is InChI=1S/C10H24N2O2S/c1-5-6-15(13,14)12-8-9(11)7-10(2,3)4/h9,12H,5-8,11H2,1-4H3. The van der Waals surface area contributed by atoms with Gasteiger partial charge in [0.1, 0.15) is 0 Å². The molecule has 0 rings (SSSR count). The molecule has 0 amide bonds. The normalized spacial score (nSPS) is 15.3. The molecule has 5 heteroatoms. The minimum absolute atomic E-state index is 0.114. The first kappa shape index (κ1) is 14.9. The van der Waals surface area contributed by atoms with Crippen molar-refractivity contribution in [2.24, 2.45) is 11.1 Å². The molecule has 0 aliphatic carbocycles. The molecule has 0 heterocycles. The van der Waals surface area contributed by atoms with Crippen LogP contribution in [0.15, 0.2) is 0 Å². The van der Waals surface area contributed by atoms with Crippen molar-refractivity contribution in [1.29, 1.82) is 0 Å². The Morgan fingerprint density at radius 3 is 2.27 bits per heavy atom. The molecule has 1 atom stereocenters. The predicted octanol–water partition coefficient (Wildman–Crippen LogP) is 1.08. The van der Waals surface area contributed by atoms with Gasteiger partial charge in [0.25, 0.3) is 0 Å². The maximum atomic E-state index is 11.3. The molecule has 0 bridgehead atoms. The second-order valence-electron chi connectivity index (χ2n) is 5.19. The van der Waals surface area contributed by atoms with Crippen molar-refractivity contribution in [3.63, 3.8) is 0 Å². The Kier molecular flexibility index (Phi) is 5.77. The lowest BCUT2D eigenvalue weighted by Gasteiger charge is -2.23. The summed E-state index contributed by atoms with van der Waals surface area (Å²) in [4.78, 5) is 0. The highest BCUT2D eigenvalue weighted by atomic mass is 32.2. The van der Waals surface area contributed by atoms with Crippen LogP contribution in [0, 0.1) is 5.41 Å². The van der Waals surface area contributed by atoms with E-state index < -0.39 is 10.0 Å². The summed E-state index contributed by atoms with van der Waals surface area (Å²) in [6.07, 6.45) is 1.44. The van der Waals surface area contributed by atoms with Crippen LogP contribution in [0.3, 0.4) is 0 Å². The van der Waals surface area contributed by atoms with Crippen LogP contribution in [0.2, 0.25) is 0 Å². The molecular formula is C10H24N2O2S. The van der Waals surface area contributed by atoms with Crippen molar-refractivity contribution < 1.29 is 8.42 Å². The van der Waals surface area contributed by atoms with Crippen molar-refractivity contribution in [1.82, 2.24) is 4.72 Å². The van der Waals surface area contributed by atoms with Crippen LogP contribution in [-0.2, 0) is 10.0 Å². The second-order valence-corrected chi connectivity index (χ2v) is 7.12. The summed E-state index contributed by atoms with van der Waals surface area (Å²) >= 11 is 0. The molecule has 0 fully saturated rings. The lowest BCUT2D eigenvalue weighted by atomic mass is 9.88. The Labute approximate surface area is 93.7 Å². The van der Waals surface area contributed by atoms with Crippen molar-refractivity contribution in [3.8, 4) is 0 Å². The molecule has 15 heavy (non-hydrogen) atoms. The zero-order chi connectivity index (χ0) is 12.1. The third-order valence-electron chi connectivity index (χ3n) is 1.91. The molecule has 0 saturated carbocycles. The molecule has 0 aromatic heterocycles. The second kappa shape index (κ2) is 5.82. The molecule has 0 aliphatic rings. The average molecular weight is 236 g/mol. The van der Waals surface area contributed by atoms with Gasteiger partial charge in [-0.3, -0.25) is 0 Å². The molecule has 0 spiro atoms. The van der Waals surface area contributed by atoms with E-state index in [2.05, 4.69) is 25.5 Å². The average Bonchev–Trinajstić information content (AvgIpc) is 1.98. The van der Waals surface area contributed by atoms with Crippen LogP contribution < -0.4 is 10.5 Å². The minimum Gasteiger partial charge on any atom is -0.326 e. The fourth-order valence-electron chi connectivity index (χ4n) is 1.43. The van der Waals surface area contributed by atoms with Gasteiger partial charge in [-0.05, 0) is 18.3 Å². The Morgan fingerprint density at radius 1 is 1.33 bits per heavy atom. The van der Waals surface area contributed by atoms with Gasteiger partial charge in [0.15, 0.2) is 0 Å². The number of sulfonamides is 1. The SMILES string of the molecule is CCCS(=O)(=O)NCC(N)CC(C)(C)C. The van der Waals surface area contributed by atoms with E-state index >= 15 is 0 Å². The van der Waals surface area contributed by atoms with Gasteiger partial charge in [-0.1, -0.05) is 27.7 Å². The topological polar surface area (TPSA) is 72.2 Å². The van der Waals surface area contributed by atoms with Crippen LogP contribution in [0.4, 0.5) is 0 Å². The molecular weight excluding hydrogens is 212 g/mol. The van der Waals surface area contributed by atoms with E-state index in [-0.39, 0.29) is 17.2 Å². The summed E-state index contributed by atoms with van der Waals surface area (Å²) < 4.78 is 25.2. The highest BCUT2D eigenvalue weighted by Crippen LogP contribution is 2.19. The number of hydrogen-bond donors (Lipinski definition) is 2. The first-order valence-corrected chi connectivity index (χ1v) is 7.04. The maximum absolute atomic E-state index is 11.3. The number of nitrogens with one attached hydrogen (secondary N) is 1. The monoisotopic (exact) mass is 236 g/mol. The van der Waals surface area contributed by atoms with Gasteiger partial charge >= 0.3 is 0 Å². The third kappa shape index (κ3) is 8.84. The zero-order valence-corrected chi connectivity index (χ0v) is 11.0. The minimum atomic E-state index is -3.11. The van der Waals surface area contributed by atoms with E-state index in [0.717, 1.165) is 6.42 Å². The van der Waals surface area contributed by atoms with E-state index in [1.54, 1.807) is 0 Å². The fourth-order valence-corrected chi connectivity index (χ4v) is 2.58. The highest BCUT2D eigenvalue weighted by molar-refractivity contribution is 7.89. The summed E-state index contributed by atoms with van der Waals surface area (Å²) in [6, 6.07) is -0.114. The summed E-state index contributed by atoms with van der Waals surface area (Å²) in [7, 11) is -3.11. The molecule has 92 valence electrons. The van der Waals surface area contributed by atoms with Gasteiger partial charge in [-0.2, -0.15) is 0 Å². The van der Waals surface area contributed by atoms with Crippen LogP contribution in [-0.4, -0.2) is 26.8 Å². The molecule has 3 N–H and O–H groups in total. The molecule has 0 aromatic carbocycles. The van der Waals surface area contributed by atoms with Crippen molar-refractivity contribution >= 4 is 10.0 Å². The van der Waals surface area contributed by atoms with Crippen molar-refractivity contribution in [2.45, 2.75) is 46.6 Å². The van der Waals surface area contributed by atoms with Gasteiger partial charge in [0.2, 0.25) is 10.0 Å². The first-order valence-electron chi connectivity index (χ1n) is 5.39. The predicted molar refractivity (Wildman–Crippen MR) is 64.1 cm³/mol. The van der Waals surface area contributed by atoms with Gasteiger partial charge in [0, 0.05) is 12.6 Å². The molecule has 1 unspecified atom stereocenters.